The fourth-order valence-corrected chi connectivity index (χ4v) is 4.05. The molecule has 0 saturated heterocycles. The quantitative estimate of drug-likeness (QED) is 0.181. The number of nitrogen functional groups attached to an aromatic ring is 1. The lowest BCUT2D eigenvalue weighted by atomic mass is 10.1. The number of furan rings is 1. The summed E-state index contributed by atoms with van der Waals surface area (Å²) < 4.78 is 10.5. The molecular weight excluding hydrogens is 432 g/mol. The number of nitrogens with one attached hydrogen (secondary N) is 2. The first kappa shape index (κ1) is 23.4. The molecule has 4 rings (SSSR count). The number of nitrogens with zero attached hydrogens (tertiary/aromatic N) is 1. The van der Waals surface area contributed by atoms with Crippen molar-refractivity contribution in [1.82, 2.24) is 9.88 Å². The lowest BCUT2D eigenvalue weighted by Crippen LogP contribution is -2.30. The van der Waals surface area contributed by atoms with Crippen LogP contribution in [-0.4, -0.2) is 48.5 Å². The van der Waals surface area contributed by atoms with E-state index < -0.39 is 5.97 Å². The Kier molecular flexibility index (Phi) is 7.18. The SMILES string of the molecule is CCOC(=O)c1cc2cc(NC(=O)CN(C)CCCCc3c[nH]c4ccc(N)cc34)ccc2o1. The first-order valence-corrected chi connectivity index (χ1v) is 11.5. The second-order valence-electron chi connectivity index (χ2n) is 8.45. The highest BCUT2D eigenvalue weighted by Crippen LogP contribution is 2.24. The molecule has 0 saturated carbocycles. The van der Waals surface area contributed by atoms with Crippen LogP contribution < -0.4 is 11.1 Å². The number of aromatic nitrogens is 1. The van der Waals surface area contributed by atoms with Gasteiger partial charge in [-0.3, -0.25) is 9.69 Å². The number of carbonyl (C=O) groups excluding carboxylic acids is 2. The largest absolute Gasteiger partial charge is 0.460 e. The maximum absolute atomic E-state index is 12.5. The van der Waals surface area contributed by atoms with Crippen LogP contribution in [0.3, 0.4) is 0 Å². The number of unbranched alkanes of at least 4 members (excludes halogenated alkanes) is 1. The number of esters is 1. The number of aryl methyl sites for hydroxylation is 1. The van der Waals surface area contributed by atoms with E-state index in [1.54, 1.807) is 31.2 Å². The number of fused-ring (bicyclic) bond motifs is 2. The van der Waals surface area contributed by atoms with E-state index in [4.69, 9.17) is 14.9 Å². The van der Waals surface area contributed by atoms with Crippen molar-refractivity contribution in [3.8, 4) is 0 Å². The van der Waals surface area contributed by atoms with E-state index in [0.29, 0.717) is 17.8 Å². The van der Waals surface area contributed by atoms with Gasteiger partial charge in [0.1, 0.15) is 5.58 Å². The van der Waals surface area contributed by atoms with Gasteiger partial charge in [0.25, 0.3) is 0 Å². The minimum Gasteiger partial charge on any atom is -0.460 e. The highest BCUT2D eigenvalue weighted by atomic mass is 16.5. The van der Waals surface area contributed by atoms with Gasteiger partial charge in [0.05, 0.1) is 13.2 Å². The monoisotopic (exact) mass is 462 g/mol. The summed E-state index contributed by atoms with van der Waals surface area (Å²) >= 11 is 0. The fraction of sp³-hybridized carbons (Fsp3) is 0.308. The van der Waals surface area contributed by atoms with Gasteiger partial charge in [-0.25, -0.2) is 4.79 Å². The van der Waals surface area contributed by atoms with Gasteiger partial charge in [0.2, 0.25) is 11.7 Å². The maximum Gasteiger partial charge on any atom is 0.374 e. The fourth-order valence-electron chi connectivity index (χ4n) is 4.05. The number of anilines is 2. The van der Waals surface area contributed by atoms with E-state index >= 15 is 0 Å². The molecule has 0 atom stereocenters. The zero-order valence-corrected chi connectivity index (χ0v) is 19.5. The molecular formula is C26H30N4O4. The molecule has 4 aromatic rings. The van der Waals surface area contributed by atoms with Gasteiger partial charge < -0.3 is 25.2 Å². The molecule has 0 aliphatic rings. The molecule has 34 heavy (non-hydrogen) atoms. The summed E-state index contributed by atoms with van der Waals surface area (Å²) in [5.41, 5.74) is 10.3. The van der Waals surface area contributed by atoms with Crippen molar-refractivity contribution in [2.24, 2.45) is 0 Å². The van der Waals surface area contributed by atoms with Crippen LogP contribution >= 0.6 is 0 Å². The summed E-state index contributed by atoms with van der Waals surface area (Å²) in [6, 6.07) is 12.8. The molecule has 1 amide bonds. The lowest BCUT2D eigenvalue weighted by molar-refractivity contribution is -0.117. The first-order chi connectivity index (χ1) is 16.4. The zero-order valence-electron chi connectivity index (χ0n) is 19.5. The van der Waals surface area contributed by atoms with E-state index in [1.807, 2.05) is 36.3 Å². The van der Waals surface area contributed by atoms with Crippen molar-refractivity contribution in [2.75, 3.05) is 37.8 Å². The van der Waals surface area contributed by atoms with E-state index in [9.17, 15) is 9.59 Å². The van der Waals surface area contributed by atoms with E-state index in [2.05, 4.69) is 10.3 Å². The van der Waals surface area contributed by atoms with Gasteiger partial charge >= 0.3 is 5.97 Å². The molecule has 4 N–H and O–H groups in total. The maximum atomic E-state index is 12.5. The Morgan fingerprint density at radius 2 is 2.00 bits per heavy atom. The standard InChI is InChI=1S/C26H30N4O4/c1-3-33-26(32)24-13-18-12-20(8-10-23(18)34-24)29-25(31)16-30(2)11-5-4-6-17-15-28-22-9-7-19(27)14-21(17)22/h7-10,12-15,28H,3-6,11,16,27H2,1-2H3,(H,29,31). The predicted molar refractivity (Wildman–Crippen MR) is 134 cm³/mol. The number of hydrogen-bond donors (Lipinski definition) is 3. The third-order valence-electron chi connectivity index (χ3n) is 5.72. The van der Waals surface area contributed by atoms with Crippen LogP contribution in [0.1, 0.15) is 35.9 Å². The van der Waals surface area contributed by atoms with Crippen molar-refractivity contribution in [2.45, 2.75) is 26.2 Å². The molecule has 2 heterocycles. The highest BCUT2D eigenvalue weighted by Gasteiger charge is 2.14. The normalized spacial score (nSPS) is 11.4. The van der Waals surface area contributed by atoms with E-state index in [0.717, 1.165) is 42.4 Å². The second kappa shape index (κ2) is 10.4. The van der Waals surface area contributed by atoms with E-state index in [-0.39, 0.29) is 18.3 Å². The molecule has 178 valence electrons. The minimum absolute atomic E-state index is 0.0944. The third kappa shape index (κ3) is 5.58. The summed E-state index contributed by atoms with van der Waals surface area (Å²) in [5.74, 6) is -0.445. The number of amides is 1. The minimum atomic E-state index is -0.500. The van der Waals surface area contributed by atoms with Crippen LogP contribution in [0.15, 0.2) is 53.1 Å². The van der Waals surface area contributed by atoms with E-state index in [1.165, 1.54) is 10.9 Å². The van der Waals surface area contributed by atoms with Gasteiger partial charge in [0, 0.05) is 33.9 Å². The lowest BCUT2D eigenvalue weighted by Gasteiger charge is -2.16. The number of carbonyl (C=O) groups is 2. The van der Waals surface area contributed by atoms with Crippen molar-refractivity contribution in [1.29, 1.82) is 0 Å². The van der Waals surface area contributed by atoms with Crippen molar-refractivity contribution in [3.63, 3.8) is 0 Å². The summed E-state index contributed by atoms with van der Waals surface area (Å²) in [5, 5.41) is 4.82. The van der Waals surface area contributed by atoms with Crippen molar-refractivity contribution >= 4 is 45.1 Å². The topological polar surface area (TPSA) is 114 Å². The number of likely N-dealkylation sites (N-methyl/N-ethyl adjacent to an activating group) is 1. The number of H-pyrrole nitrogens is 1. The number of hydrogen-bond acceptors (Lipinski definition) is 6. The van der Waals surface area contributed by atoms with Gasteiger partial charge in [-0.2, -0.15) is 0 Å². The van der Waals surface area contributed by atoms with Gasteiger partial charge in [-0.05, 0) is 87.8 Å². The Morgan fingerprint density at radius 3 is 2.82 bits per heavy atom. The molecule has 0 spiro atoms. The predicted octanol–water partition coefficient (Wildman–Crippen LogP) is 4.57. The van der Waals surface area contributed by atoms with Crippen LogP contribution in [0.4, 0.5) is 11.4 Å². The molecule has 0 aliphatic carbocycles. The Labute approximate surface area is 198 Å². The molecule has 2 aromatic heterocycles. The summed E-state index contributed by atoms with van der Waals surface area (Å²) in [7, 11) is 1.94. The number of nitrogens with two attached hydrogens (primary N) is 1. The third-order valence-corrected chi connectivity index (χ3v) is 5.72. The van der Waals surface area contributed by atoms with Crippen molar-refractivity contribution < 1.29 is 18.7 Å². The summed E-state index contributed by atoms with van der Waals surface area (Å²) in [6.45, 7) is 3.14. The Morgan fingerprint density at radius 1 is 1.15 bits per heavy atom. The average Bonchev–Trinajstić information content (AvgIpc) is 3.40. The van der Waals surface area contributed by atoms with Crippen LogP contribution in [0.2, 0.25) is 0 Å². The molecule has 8 heteroatoms. The van der Waals surface area contributed by atoms with Gasteiger partial charge in [-0.1, -0.05) is 0 Å². The van der Waals surface area contributed by atoms with Crippen LogP contribution in [0, 0.1) is 0 Å². The first-order valence-electron chi connectivity index (χ1n) is 11.5. The second-order valence-corrected chi connectivity index (χ2v) is 8.45. The Balaban J connectivity index is 1.23. The van der Waals surface area contributed by atoms with Crippen LogP contribution in [0.5, 0.6) is 0 Å². The summed E-state index contributed by atoms with van der Waals surface area (Å²) in [6.07, 6.45) is 5.01. The number of aromatic amines is 1. The number of ether oxygens (including phenoxy) is 1. The molecule has 0 fully saturated rings. The van der Waals surface area contributed by atoms with Crippen molar-refractivity contribution in [3.05, 3.63) is 60.0 Å². The molecule has 0 unspecified atom stereocenters. The van der Waals surface area contributed by atoms with Crippen LogP contribution in [-0.2, 0) is 16.0 Å². The van der Waals surface area contributed by atoms with Crippen LogP contribution in [0.25, 0.3) is 21.9 Å². The molecule has 0 radical (unpaired) electrons. The van der Waals surface area contributed by atoms with Gasteiger partial charge in [0.15, 0.2) is 0 Å². The smallest absolute Gasteiger partial charge is 0.374 e. The Bertz CT molecular complexity index is 1310. The highest BCUT2D eigenvalue weighted by molar-refractivity contribution is 5.97. The van der Waals surface area contributed by atoms with Gasteiger partial charge in [-0.15, -0.1) is 0 Å². The molecule has 8 nitrogen and oxygen atoms in total. The number of rotatable bonds is 10. The molecule has 0 aliphatic heterocycles. The Hall–Kier alpha value is -3.78. The summed E-state index contributed by atoms with van der Waals surface area (Å²) in [4.78, 5) is 29.6. The molecule has 0 bridgehead atoms. The zero-order chi connectivity index (χ0) is 24.1. The number of benzene rings is 2. The molecule has 2 aromatic carbocycles. The average molecular weight is 463 g/mol.